The van der Waals surface area contributed by atoms with Gasteiger partial charge in [-0.05, 0) is 49.9 Å². The van der Waals surface area contributed by atoms with Gasteiger partial charge in [0.15, 0.2) is 0 Å². The van der Waals surface area contributed by atoms with Crippen LogP contribution in [0.3, 0.4) is 0 Å². The number of aryl methyl sites for hydroxylation is 1. The van der Waals surface area contributed by atoms with E-state index in [2.05, 4.69) is 4.98 Å². The molecule has 4 rings (SSSR count). The summed E-state index contributed by atoms with van der Waals surface area (Å²) in [4.78, 5) is 30.2. The normalized spacial score (nSPS) is 23.4. The van der Waals surface area contributed by atoms with Crippen LogP contribution < -0.4 is 4.74 Å². The van der Waals surface area contributed by atoms with Crippen molar-refractivity contribution in [3.63, 3.8) is 0 Å². The summed E-state index contributed by atoms with van der Waals surface area (Å²) in [7, 11) is 1.66. The molecule has 1 saturated carbocycles. The van der Waals surface area contributed by atoms with Gasteiger partial charge in [-0.15, -0.1) is 0 Å². The maximum atomic E-state index is 12.6. The first-order chi connectivity index (χ1) is 12.1. The van der Waals surface area contributed by atoms with Gasteiger partial charge in [-0.1, -0.05) is 12.8 Å². The largest absolute Gasteiger partial charge is 0.497 e. The number of likely N-dealkylation sites (tertiary alicyclic amines) is 1. The molecule has 1 aromatic carbocycles. The molecule has 2 fully saturated rings. The Morgan fingerprint density at radius 3 is 2.48 bits per heavy atom. The Labute approximate surface area is 147 Å². The van der Waals surface area contributed by atoms with E-state index < -0.39 is 0 Å². The Morgan fingerprint density at radius 2 is 1.84 bits per heavy atom. The lowest BCUT2D eigenvalue weighted by atomic mass is 9.81. The molecule has 25 heavy (non-hydrogen) atoms. The van der Waals surface area contributed by atoms with Gasteiger partial charge in [-0.3, -0.25) is 14.5 Å². The number of benzene rings is 1. The van der Waals surface area contributed by atoms with Crippen molar-refractivity contribution in [2.45, 2.75) is 39.0 Å². The van der Waals surface area contributed by atoms with E-state index in [9.17, 15) is 9.59 Å². The van der Waals surface area contributed by atoms with Crippen molar-refractivity contribution in [2.24, 2.45) is 11.8 Å². The van der Waals surface area contributed by atoms with E-state index >= 15 is 0 Å². The minimum Gasteiger partial charge on any atom is -0.497 e. The number of amides is 2. The fraction of sp³-hybridized carbons (Fsp3) is 0.500. The monoisotopic (exact) mass is 340 g/mol. The number of carbonyl (C=O) groups excluding carboxylic acids is 2. The Morgan fingerprint density at radius 1 is 1.16 bits per heavy atom. The van der Waals surface area contributed by atoms with Crippen LogP contribution in [-0.2, 0) is 16.0 Å². The average Bonchev–Trinajstić information content (AvgIpc) is 3.07. The molecular formula is C20H24N2O3. The summed E-state index contributed by atoms with van der Waals surface area (Å²) in [5, 5.41) is 1.10. The number of aromatic nitrogens is 1. The molecule has 0 bridgehead atoms. The van der Waals surface area contributed by atoms with Crippen LogP contribution in [0.4, 0.5) is 0 Å². The third-order valence-electron chi connectivity index (χ3n) is 5.84. The first-order valence-electron chi connectivity index (χ1n) is 9.10. The van der Waals surface area contributed by atoms with Crippen LogP contribution in [0, 0.1) is 18.8 Å². The molecule has 5 nitrogen and oxygen atoms in total. The fourth-order valence-corrected chi connectivity index (χ4v) is 4.49. The number of hydrogen-bond acceptors (Lipinski definition) is 3. The van der Waals surface area contributed by atoms with Gasteiger partial charge in [-0.2, -0.15) is 0 Å². The van der Waals surface area contributed by atoms with Gasteiger partial charge in [0.1, 0.15) is 5.75 Å². The highest BCUT2D eigenvalue weighted by Gasteiger charge is 2.47. The molecule has 2 atom stereocenters. The van der Waals surface area contributed by atoms with E-state index in [-0.39, 0.29) is 23.7 Å². The number of nitrogens with one attached hydrogen (secondary N) is 1. The number of imide groups is 1. The molecule has 1 aliphatic heterocycles. The number of rotatable bonds is 4. The molecule has 5 heteroatoms. The Kier molecular flexibility index (Phi) is 4.02. The summed E-state index contributed by atoms with van der Waals surface area (Å²) < 4.78 is 5.33. The highest BCUT2D eigenvalue weighted by molar-refractivity contribution is 6.05. The summed E-state index contributed by atoms with van der Waals surface area (Å²) in [6, 6.07) is 5.95. The second-order valence-corrected chi connectivity index (χ2v) is 7.22. The number of methoxy groups -OCH3 is 1. The van der Waals surface area contributed by atoms with Crippen LogP contribution in [-0.4, -0.2) is 35.4 Å². The van der Waals surface area contributed by atoms with Crippen LogP contribution in [0.1, 0.15) is 36.9 Å². The molecule has 2 amide bonds. The maximum Gasteiger partial charge on any atom is 0.233 e. The van der Waals surface area contributed by atoms with Gasteiger partial charge in [0.25, 0.3) is 0 Å². The minimum atomic E-state index is -0.0644. The molecule has 1 N–H and O–H groups in total. The van der Waals surface area contributed by atoms with Gasteiger partial charge in [0, 0.05) is 23.1 Å². The van der Waals surface area contributed by atoms with Crippen LogP contribution in [0.15, 0.2) is 18.2 Å². The van der Waals surface area contributed by atoms with Gasteiger partial charge in [0.05, 0.1) is 18.9 Å². The number of H-pyrrole nitrogens is 1. The Balaban J connectivity index is 1.57. The molecule has 1 saturated heterocycles. The first-order valence-corrected chi connectivity index (χ1v) is 9.10. The molecule has 2 heterocycles. The molecule has 0 radical (unpaired) electrons. The number of ether oxygens (including phenoxy) is 1. The first kappa shape index (κ1) is 16.2. The topological polar surface area (TPSA) is 62.4 Å². The van der Waals surface area contributed by atoms with Crippen molar-refractivity contribution >= 4 is 22.7 Å². The highest BCUT2D eigenvalue weighted by atomic mass is 16.5. The van der Waals surface area contributed by atoms with Crippen molar-refractivity contribution in [1.29, 1.82) is 0 Å². The van der Waals surface area contributed by atoms with Crippen molar-refractivity contribution in [3.8, 4) is 5.75 Å². The number of nitrogens with zero attached hydrogens (tertiary/aromatic N) is 1. The van der Waals surface area contributed by atoms with E-state index in [0.29, 0.717) is 13.0 Å². The highest BCUT2D eigenvalue weighted by Crippen LogP contribution is 2.38. The summed E-state index contributed by atoms with van der Waals surface area (Å²) in [5.74, 6) is 0.775. The smallest absolute Gasteiger partial charge is 0.233 e. The van der Waals surface area contributed by atoms with E-state index in [1.54, 1.807) is 7.11 Å². The zero-order chi connectivity index (χ0) is 17.6. The summed E-state index contributed by atoms with van der Waals surface area (Å²) in [6.45, 7) is 2.50. The van der Waals surface area contributed by atoms with Crippen LogP contribution in [0.2, 0.25) is 0 Å². The lowest BCUT2D eigenvalue weighted by Gasteiger charge is -2.19. The molecule has 2 aliphatic rings. The Bertz CT molecular complexity index is 815. The summed E-state index contributed by atoms with van der Waals surface area (Å²) in [6.07, 6.45) is 4.55. The molecule has 0 spiro atoms. The minimum absolute atomic E-state index is 0.0461. The summed E-state index contributed by atoms with van der Waals surface area (Å²) in [5.41, 5.74) is 3.30. The van der Waals surface area contributed by atoms with Gasteiger partial charge in [-0.25, -0.2) is 0 Å². The van der Waals surface area contributed by atoms with E-state index in [1.807, 2.05) is 25.1 Å². The van der Waals surface area contributed by atoms with Crippen LogP contribution in [0.25, 0.3) is 10.9 Å². The van der Waals surface area contributed by atoms with Crippen molar-refractivity contribution in [3.05, 3.63) is 29.5 Å². The van der Waals surface area contributed by atoms with Gasteiger partial charge < -0.3 is 9.72 Å². The second kappa shape index (κ2) is 6.21. The standard InChI is InChI=1S/C20H24N2O3/c1-12-14(17-11-13(25-2)7-8-18(17)21-12)9-10-22-19(23)15-5-3-4-6-16(15)20(22)24/h7-8,11,15-16,21H,3-6,9-10H2,1-2H3. The van der Waals surface area contributed by atoms with Crippen LogP contribution in [0.5, 0.6) is 5.75 Å². The van der Waals surface area contributed by atoms with Crippen molar-refractivity contribution in [2.75, 3.05) is 13.7 Å². The second-order valence-electron chi connectivity index (χ2n) is 7.22. The third-order valence-corrected chi connectivity index (χ3v) is 5.84. The quantitative estimate of drug-likeness (QED) is 0.870. The average molecular weight is 340 g/mol. The van der Waals surface area contributed by atoms with E-state index in [0.717, 1.165) is 53.6 Å². The number of fused-ring (bicyclic) bond motifs is 2. The molecule has 2 aromatic rings. The number of hydrogen-bond donors (Lipinski definition) is 1. The molecule has 1 aromatic heterocycles. The summed E-state index contributed by atoms with van der Waals surface area (Å²) >= 11 is 0. The van der Waals surface area contributed by atoms with Gasteiger partial charge in [0.2, 0.25) is 11.8 Å². The maximum absolute atomic E-state index is 12.6. The number of carbonyl (C=O) groups is 2. The van der Waals surface area contributed by atoms with Crippen LogP contribution >= 0.6 is 0 Å². The predicted octanol–water partition coefficient (Wildman–Crippen LogP) is 3.20. The molecule has 132 valence electrons. The Hall–Kier alpha value is -2.30. The van der Waals surface area contributed by atoms with E-state index in [4.69, 9.17) is 4.74 Å². The van der Waals surface area contributed by atoms with E-state index in [1.165, 1.54) is 4.90 Å². The SMILES string of the molecule is COc1ccc2[nH]c(C)c(CCN3C(=O)C4CCCCC4C3=O)c2c1. The van der Waals surface area contributed by atoms with Gasteiger partial charge >= 0.3 is 0 Å². The van der Waals surface area contributed by atoms with Crippen molar-refractivity contribution < 1.29 is 14.3 Å². The molecular weight excluding hydrogens is 316 g/mol. The zero-order valence-electron chi connectivity index (χ0n) is 14.8. The third kappa shape index (κ3) is 2.62. The lowest BCUT2D eigenvalue weighted by Crippen LogP contribution is -2.33. The number of aromatic amines is 1. The zero-order valence-corrected chi connectivity index (χ0v) is 14.8. The molecule has 2 unspecified atom stereocenters. The van der Waals surface area contributed by atoms with Crippen molar-refractivity contribution in [1.82, 2.24) is 9.88 Å². The predicted molar refractivity (Wildman–Crippen MR) is 95.5 cm³/mol. The lowest BCUT2D eigenvalue weighted by molar-refractivity contribution is -0.139. The fourth-order valence-electron chi connectivity index (χ4n) is 4.49. The molecule has 1 aliphatic carbocycles.